The average molecular weight is 335 g/mol. The molecule has 1 N–H and O–H groups in total. The summed E-state index contributed by atoms with van der Waals surface area (Å²) in [5, 5.41) is 2.59. The molecule has 2 aromatic carbocycles. The summed E-state index contributed by atoms with van der Waals surface area (Å²) in [4.78, 5) is 12.0. The molecule has 0 fully saturated rings. The lowest BCUT2D eigenvalue weighted by Crippen LogP contribution is -2.25. The van der Waals surface area contributed by atoms with Crippen LogP contribution >= 0.6 is 0 Å². The molecule has 6 heteroatoms. The van der Waals surface area contributed by atoms with E-state index in [0.29, 0.717) is 5.56 Å². The number of rotatable bonds is 6. The molecule has 0 radical (unpaired) electrons. The van der Waals surface area contributed by atoms with Crippen molar-refractivity contribution in [3.05, 3.63) is 65.5 Å². The number of carbonyl (C=O) groups excluding carboxylic acids is 1. The first kappa shape index (κ1) is 17.1. The molecule has 0 spiro atoms. The average Bonchev–Trinajstić information content (AvgIpc) is 2.51. The maximum absolute atomic E-state index is 13.0. The van der Waals surface area contributed by atoms with Crippen LogP contribution < -0.4 is 5.32 Å². The van der Waals surface area contributed by atoms with Crippen molar-refractivity contribution in [1.82, 2.24) is 5.32 Å². The molecule has 4 nitrogen and oxygen atoms in total. The van der Waals surface area contributed by atoms with Crippen LogP contribution in [0.4, 0.5) is 4.39 Å². The second-order valence-corrected chi connectivity index (χ2v) is 7.40. The van der Waals surface area contributed by atoms with E-state index in [1.165, 1.54) is 24.3 Å². The molecule has 0 atom stereocenters. The lowest BCUT2D eigenvalue weighted by molar-refractivity contribution is -0.120. The fourth-order valence-electron chi connectivity index (χ4n) is 2.03. The van der Waals surface area contributed by atoms with Crippen LogP contribution in [0.25, 0.3) is 0 Å². The number of sulfone groups is 1. The van der Waals surface area contributed by atoms with Crippen molar-refractivity contribution >= 4 is 15.7 Å². The summed E-state index contributed by atoms with van der Waals surface area (Å²) >= 11 is 0. The van der Waals surface area contributed by atoms with Crippen LogP contribution in [-0.4, -0.2) is 20.1 Å². The van der Waals surface area contributed by atoms with Crippen LogP contribution in [0.2, 0.25) is 0 Å². The van der Waals surface area contributed by atoms with Gasteiger partial charge in [0.25, 0.3) is 0 Å². The molecular weight excluding hydrogens is 317 g/mol. The minimum absolute atomic E-state index is 0.133. The highest BCUT2D eigenvalue weighted by atomic mass is 32.2. The fraction of sp³-hybridized carbons (Fsp3) is 0.235. The van der Waals surface area contributed by atoms with E-state index in [-0.39, 0.29) is 35.3 Å². The van der Waals surface area contributed by atoms with Gasteiger partial charge in [0.15, 0.2) is 9.84 Å². The molecule has 0 bridgehead atoms. The zero-order valence-electron chi connectivity index (χ0n) is 12.8. The number of hydrogen-bond acceptors (Lipinski definition) is 3. The van der Waals surface area contributed by atoms with E-state index < -0.39 is 9.84 Å². The van der Waals surface area contributed by atoms with Gasteiger partial charge in [-0.15, -0.1) is 0 Å². The van der Waals surface area contributed by atoms with Crippen LogP contribution in [0.3, 0.4) is 0 Å². The van der Waals surface area contributed by atoms with Crippen molar-refractivity contribution in [3.63, 3.8) is 0 Å². The number of amides is 1. The van der Waals surface area contributed by atoms with Crippen LogP contribution in [0, 0.1) is 12.7 Å². The minimum Gasteiger partial charge on any atom is -0.352 e. The monoisotopic (exact) mass is 335 g/mol. The number of nitrogens with one attached hydrogen (secondary N) is 1. The van der Waals surface area contributed by atoms with Crippen molar-refractivity contribution in [2.24, 2.45) is 0 Å². The molecule has 0 aliphatic heterocycles. The van der Waals surface area contributed by atoms with Gasteiger partial charge in [-0.3, -0.25) is 4.79 Å². The van der Waals surface area contributed by atoms with Crippen molar-refractivity contribution in [2.75, 3.05) is 5.75 Å². The third-order valence-corrected chi connectivity index (χ3v) is 5.09. The van der Waals surface area contributed by atoms with Gasteiger partial charge in [0.2, 0.25) is 5.91 Å². The summed E-state index contributed by atoms with van der Waals surface area (Å²) in [5.74, 6) is -1.02. The number of benzene rings is 2. The first-order valence-electron chi connectivity index (χ1n) is 7.17. The Kier molecular flexibility index (Phi) is 5.50. The Morgan fingerprint density at radius 2 is 1.83 bits per heavy atom. The Labute approximate surface area is 135 Å². The van der Waals surface area contributed by atoms with Crippen LogP contribution in [0.15, 0.2) is 53.4 Å². The molecule has 0 aromatic heterocycles. The Morgan fingerprint density at radius 3 is 2.48 bits per heavy atom. The lowest BCUT2D eigenvalue weighted by atomic mass is 10.2. The van der Waals surface area contributed by atoms with Gasteiger partial charge in [0, 0.05) is 13.0 Å². The third kappa shape index (κ3) is 5.17. The van der Waals surface area contributed by atoms with E-state index in [1.54, 1.807) is 24.3 Å². The summed E-state index contributed by atoms with van der Waals surface area (Å²) < 4.78 is 37.3. The fourth-order valence-corrected chi connectivity index (χ4v) is 3.27. The lowest BCUT2D eigenvalue weighted by Gasteiger charge is -2.07. The van der Waals surface area contributed by atoms with E-state index in [0.717, 1.165) is 5.56 Å². The van der Waals surface area contributed by atoms with Gasteiger partial charge >= 0.3 is 0 Å². The van der Waals surface area contributed by atoms with Gasteiger partial charge in [-0.1, -0.05) is 29.8 Å². The molecule has 2 aromatic rings. The quantitative estimate of drug-likeness (QED) is 0.882. The predicted molar refractivity (Wildman–Crippen MR) is 86.1 cm³/mol. The highest BCUT2D eigenvalue weighted by molar-refractivity contribution is 7.91. The molecule has 0 aliphatic rings. The van der Waals surface area contributed by atoms with E-state index in [2.05, 4.69) is 5.32 Å². The van der Waals surface area contributed by atoms with E-state index in [1.807, 2.05) is 6.92 Å². The molecule has 0 saturated heterocycles. The zero-order valence-corrected chi connectivity index (χ0v) is 13.6. The molecule has 2 rings (SSSR count). The van der Waals surface area contributed by atoms with Gasteiger partial charge < -0.3 is 5.32 Å². The smallest absolute Gasteiger partial charge is 0.221 e. The Balaban J connectivity index is 1.87. The van der Waals surface area contributed by atoms with Crippen LogP contribution in [0.1, 0.15) is 17.5 Å². The summed E-state index contributed by atoms with van der Waals surface area (Å²) in [6, 6.07) is 12.4. The van der Waals surface area contributed by atoms with Crippen molar-refractivity contribution in [3.8, 4) is 0 Å². The van der Waals surface area contributed by atoms with E-state index >= 15 is 0 Å². The zero-order chi connectivity index (χ0) is 16.9. The maximum atomic E-state index is 13.0. The number of hydrogen-bond donors (Lipinski definition) is 1. The van der Waals surface area contributed by atoms with Crippen molar-refractivity contribution in [1.29, 1.82) is 0 Å². The van der Waals surface area contributed by atoms with Crippen molar-refractivity contribution < 1.29 is 17.6 Å². The molecule has 0 unspecified atom stereocenters. The first-order chi connectivity index (χ1) is 10.9. The summed E-state index contributed by atoms with van der Waals surface area (Å²) in [5.41, 5.74) is 1.59. The van der Waals surface area contributed by atoms with Gasteiger partial charge in [0.1, 0.15) is 5.82 Å². The molecular formula is C17H18FNO3S. The summed E-state index contributed by atoms with van der Waals surface area (Å²) in [6.45, 7) is 2.04. The SMILES string of the molecule is Cc1ccc(S(=O)(=O)CCC(=O)NCc2cccc(F)c2)cc1. The van der Waals surface area contributed by atoms with E-state index in [9.17, 15) is 17.6 Å². The number of aryl methyl sites for hydroxylation is 1. The minimum atomic E-state index is -3.48. The van der Waals surface area contributed by atoms with E-state index in [4.69, 9.17) is 0 Å². The number of halogens is 1. The third-order valence-electron chi connectivity index (χ3n) is 3.36. The highest BCUT2D eigenvalue weighted by Crippen LogP contribution is 2.13. The normalized spacial score (nSPS) is 11.2. The Bertz CT molecular complexity index is 786. The largest absolute Gasteiger partial charge is 0.352 e. The summed E-state index contributed by atoms with van der Waals surface area (Å²) in [6.07, 6.45) is -0.133. The van der Waals surface area contributed by atoms with Crippen molar-refractivity contribution in [2.45, 2.75) is 24.8 Å². The second kappa shape index (κ2) is 7.37. The molecule has 0 aliphatic carbocycles. The molecule has 0 saturated carbocycles. The Hall–Kier alpha value is -2.21. The molecule has 122 valence electrons. The Morgan fingerprint density at radius 1 is 1.13 bits per heavy atom. The van der Waals surface area contributed by atoms with Gasteiger partial charge in [0.05, 0.1) is 10.6 Å². The molecule has 0 heterocycles. The highest BCUT2D eigenvalue weighted by Gasteiger charge is 2.16. The first-order valence-corrected chi connectivity index (χ1v) is 8.82. The molecule has 23 heavy (non-hydrogen) atoms. The predicted octanol–water partition coefficient (Wildman–Crippen LogP) is 2.61. The standard InChI is InChI=1S/C17H18FNO3S/c1-13-5-7-16(8-6-13)23(21,22)10-9-17(20)19-12-14-3-2-4-15(18)11-14/h2-8,11H,9-10,12H2,1H3,(H,19,20). The summed E-state index contributed by atoms with van der Waals surface area (Å²) in [7, 11) is -3.48. The number of carbonyl (C=O) groups is 1. The topological polar surface area (TPSA) is 63.2 Å². The maximum Gasteiger partial charge on any atom is 0.221 e. The van der Waals surface area contributed by atoms with Gasteiger partial charge in [-0.2, -0.15) is 0 Å². The van der Waals surface area contributed by atoms with Crippen LogP contribution in [0.5, 0.6) is 0 Å². The molecule has 1 amide bonds. The van der Waals surface area contributed by atoms with Gasteiger partial charge in [-0.05, 0) is 36.8 Å². The van der Waals surface area contributed by atoms with Gasteiger partial charge in [-0.25, -0.2) is 12.8 Å². The van der Waals surface area contributed by atoms with Crippen LogP contribution in [-0.2, 0) is 21.2 Å². The second-order valence-electron chi connectivity index (χ2n) is 5.29.